The van der Waals surface area contributed by atoms with Crippen LogP contribution in [0.4, 0.5) is 10.2 Å². The van der Waals surface area contributed by atoms with Gasteiger partial charge in [-0.1, -0.05) is 13.0 Å². The molecule has 0 bridgehead atoms. The van der Waals surface area contributed by atoms with Gasteiger partial charge in [0.2, 0.25) is 5.91 Å². The number of anilines is 1. The largest absolute Gasteiger partial charge is 0.466 e. The zero-order chi connectivity index (χ0) is 25.5. The van der Waals surface area contributed by atoms with E-state index < -0.39 is 0 Å². The molecule has 0 N–H and O–H groups in total. The van der Waals surface area contributed by atoms with Crippen LogP contribution in [0.25, 0.3) is 5.69 Å². The lowest BCUT2D eigenvalue weighted by Gasteiger charge is -2.36. The summed E-state index contributed by atoms with van der Waals surface area (Å²) < 4.78 is 20.9. The van der Waals surface area contributed by atoms with Gasteiger partial charge in [-0.3, -0.25) is 9.59 Å². The summed E-state index contributed by atoms with van der Waals surface area (Å²) in [5.41, 5.74) is 2.39. The summed E-state index contributed by atoms with van der Waals surface area (Å²) in [6.45, 7) is 14.9. The minimum Gasteiger partial charge on any atom is -0.466 e. The van der Waals surface area contributed by atoms with Crippen molar-refractivity contribution in [2.24, 2.45) is 0 Å². The van der Waals surface area contributed by atoms with Crippen molar-refractivity contribution in [1.29, 1.82) is 0 Å². The van der Waals surface area contributed by atoms with Gasteiger partial charge in [0.25, 0.3) is 0 Å². The Labute approximate surface area is 207 Å². The van der Waals surface area contributed by atoms with Gasteiger partial charge in [-0.2, -0.15) is 5.10 Å². The molecule has 1 fully saturated rings. The maximum absolute atomic E-state index is 14.1. The van der Waals surface area contributed by atoms with Gasteiger partial charge in [0, 0.05) is 44.2 Å². The minimum atomic E-state index is -0.367. The zero-order valence-electron chi connectivity index (χ0n) is 21.6. The van der Waals surface area contributed by atoms with Crippen molar-refractivity contribution in [3.05, 3.63) is 41.3 Å². The highest BCUT2D eigenvalue weighted by Gasteiger charge is 2.28. The van der Waals surface area contributed by atoms with E-state index in [1.807, 2.05) is 26.8 Å². The first-order chi connectivity index (χ1) is 16.7. The Kier molecular flexibility index (Phi) is 9.26. The molecule has 0 aliphatic carbocycles. The lowest BCUT2D eigenvalue weighted by Crippen LogP contribution is -2.47. The third kappa shape index (κ3) is 6.60. The number of likely N-dealkylation sites (N-methyl/N-ethyl adjacent to an activating group) is 1. The number of hydrogen-bond acceptors (Lipinski definition) is 6. The number of rotatable bonds is 10. The fourth-order valence-corrected chi connectivity index (χ4v) is 4.44. The van der Waals surface area contributed by atoms with Crippen molar-refractivity contribution in [3.8, 4) is 5.69 Å². The van der Waals surface area contributed by atoms with E-state index in [1.165, 1.54) is 12.1 Å². The number of ether oxygens (including phenoxy) is 1. The van der Waals surface area contributed by atoms with Crippen LogP contribution in [0, 0.1) is 12.7 Å². The Morgan fingerprint density at radius 3 is 2.46 bits per heavy atom. The fraction of sp³-hybridized carbons (Fsp3) is 0.577. The van der Waals surface area contributed by atoms with Gasteiger partial charge in [-0.05, 0) is 52.4 Å². The standard InChI is InChI=1S/C26H38FN5O3/c1-6-29-13-15-30(16-14-29)26-23(20(5)28-32(26)22-10-8-9-21(27)17-22)18-31(19(3)4)24(33)11-12-25(34)35-7-2/h8-10,17,19H,6-7,11-16,18H2,1-5H3. The quantitative estimate of drug-likeness (QED) is 0.478. The number of halogens is 1. The van der Waals surface area contributed by atoms with Crippen molar-refractivity contribution < 1.29 is 18.7 Å². The molecule has 35 heavy (non-hydrogen) atoms. The van der Waals surface area contributed by atoms with Crippen molar-refractivity contribution >= 4 is 17.7 Å². The first-order valence-electron chi connectivity index (χ1n) is 12.5. The molecule has 3 rings (SSSR count). The van der Waals surface area contributed by atoms with Crippen LogP contribution in [-0.2, 0) is 20.9 Å². The van der Waals surface area contributed by atoms with Crippen LogP contribution in [-0.4, -0.2) is 76.8 Å². The second-order valence-electron chi connectivity index (χ2n) is 9.12. The molecule has 0 saturated carbocycles. The van der Waals surface area contributed by atoms with Crippen LogP contribution in [0.1, 0.15) is 51.8 Å². The van der Waals surface area contributed by atoms with Gasteiger partial charge in [0.15, 0.2) is 0 Å². The van der Waals surface area contributed by atoms with E-state index in [0.29, 0.717) is 18.8 Å². The van der Waals surface area contributed by atoms with Gasteiger partial charge < -0.3 is 19.4 Å². The number of amides is 1. The molecule has 1 aromatic carbocycles. The predicted octanol–water partition coefficient (Wildman–Crippen LogP) is 3.54. The van der Waals surface area contributed by atoms with Gasteiger partial charge >= 0.3 is 5.97 Å². The highest BCUT2D eigenvalue weighted by atomic mass is 19.1. The summed E-state index contributed by atoms with van der Waals surface area (Å²) in [4.78, 5) is 31.4. The second kappa shape index (κ2) is 12.2. The van der Waals surface area contributed by atoms with Crippen molar-refractivity contribution in [3.63, 3.8) is 0 Å². The molecule has 1 aliphatic rings. The number of carbonyl (C=O) groups is 2. The summed E-state index contributed by atoms with van der Waals surface area (Å²) in [5.74, 6) is 0.103. The molecule has 2 aromatic rings. The van der Waals surface area contributed by atoms with Crippen LogP contribution in [0.5, 0.6) is 0 Å². The SMILES string of the molecule is CCOC(=O)CCC(=O)N(Cc1c(C)nn(-c2cccc(F)c2)c1N1CCN(CC)CC1)C(C)C. The van der Waals surface area contributed by atoms with Gasteiger partial charge in [-0.15, -0.1) is 0 Å². The molecule has 9 heteroatoms. The molecule has 0 spiro atoms. The summed E-state index contributed by atoms with van der Waals surface area (Å²) in [6.07, 6.45) is 0.155. The number of hydrogen-bond donors (Lipinski definition) is 0. The van der Waals surface area contributed by atoms with Crippen LogP contribution < -0.4 is 4.90 Å². The lowest BCUT2D eigenvalue weighted by molar-refractivity contribution is -0.146. The van der Waals surface area contributed by atoms with Crippen LogP contribution in [0.2, 0.25) is 0 Å². The van der Waals surface area contributed by atoms with E-state index in [1.54, 1.807) is 22.6 Å². The number of esters is 1. The fourth-order valence-electron chi connectivity index (χ4n) is 4.44. The molecule has 192 valence electrons. The second-order valence-corrected chi connectivity index (χ2v) is 9.12. The third-order valence-electron chi connectivity index (χ3n) is 6.45. The van der Waals surface area contributed by atoms with Gasteiger partial charge in [0.05, 0.1) is 31.0 Å². The molecule has 8 nitrogen and oxygen atoms in total. The van der Waals surface area contributed by atoms with Crippen LogP contribution in [0.3, 0.4) is 0 Å². The summed E-state index contributed by atoms with van der Waals surface area (Å²) in [6, 6.07) is 6.36. The summed E-state index contributed by atoms with van der Waals surface area (Å²) in [5, 5.41) is 4.79. The van der Waals surface area contributed by atoms with Gasteiger partial charge in [-0.25, -0.2) is 9.07 Å². The van der Waals surface area contributed by atoms with E-state index in [-0.39, 0.29) is 36.6 Å². The van der Waals surface area contributed by atoms with E-state index in [2.05, 4.69) is 16.7 Å². The summed E-state index contributed by atoms with van der Waals surface area (Å²) >= 11 is 0. The normalized spacial score (nSPS) is 14.4. The number of aryl methyl sites for hydroxylation is 1. The van der Waals surface area contributed by atoms with E-state index in [0.717, 1.165) is 49.8 Å². The van der Waals surface area contributed by atoms with E-state index in [9.17, 15) is 14.0 Å². The molecule has 0 atom stereocenters. The Morgan fingerprint density at radius 1 is 1.14 bits per heavy atom. The van der Waals surface area contributed by atoms with E-state index >= 15 is 0 Å². The number of piperazine rings is 1. The maximum Gasteiger partial charge on any atom is 0.306 e. The van der Waals surface area contributed by atoms with Crippen molar-refractivity contribution in [2.75, 3.05) is 44.2 Å². The Bertz CT molecular complexity index is 1010. The molecule has 1 aliphatic heterocycles. The van der Waals surface area contributed by atoms with Crippen molar-refractivity contribution in [2.45, 2.75) is 60.0 Å². The number of benzene rings is 1. The average molecular weight is 488 g/mol. The zero-order valence-corrected chi connectivity index (χ0v) is 21.6. The Hall–Kier alpha value is -2.94. The molecule has 1 aromatic heterocycles. The first-order valence-corrected chi connectivity index (χ1v) is 12.5. The van der Waals surface area contributed by atoms with Crippen LogP contribution in [0.15, 0.2) is 24.3 Å². The Morgan fingerprint density at radius 2 is 1.86 bits per heavy atom. The number of aromatic nitrogens is 2. The predicted molar refractivity (Wildman–Crippen MR) is 134 cm³/mol. The third-order valence-corrected chi connectivity index (χ3v) is 6.45. The molecule has 1 amide bonds. The molecule has 1 saturated heterocycles. The molecular formula is C26H38FN5O3. The minimum absolute atomic E-state index is 0.0588. The van der Waals surface area contributed by atoms with Gasteiger partial charge in [0.1, 0.15) is 11.6 Å². The topological polar surface area (TPSA) is 70.9 Å². The lowest BCUT2D eigenvalue weighted by atomic mass is 10.1. The summed E-state index contributed by atoms with van der Waals surface area (Å²) in [7, 11) is 0. The molecule has 0 radical (unpaired) electrons. The molecule has 2 heterocycles. The number of carbonyl (C=O) groups excluding carboxylic acids is 2. The Balaban J connectivity index is 1.95. The first kappa shape index (κ1) is 26.7. The average Bonchev–Trinajstić information content (AvgIpc) is 3.16. The maximum atomic E-state index is 14.1. The van der Waals surface area contributed by atoms with Crippen molar-refractivity contribution in [1.82, 2.24) is 19.6 Å². The molecule has 0 unspecified atom stereocenters. The smallest absolute Gasteiger partial charge is 0.306 e. The highest BCUT2D eigenvalue weighted by Crippen LogP contribution is 2.30. The van der Waals surface area contributed by atoms with Crippen LogP contribution >= 0.6 is 0 Å². The highest BCUT2D eigenvalue weighted by molar-refractivity contribution is 5.81. The monoisotopic (exact) mass is 487 g/mol. The van der Waals surface area contributed by atoms with E-state index in [4.69, 9.17) is 9.84 Å². The number of nitrogens with zero attached hydrogens (tertiary/aromatic N) is 5. The molecular weight excluding hydrogens is 449 g/mol.